The Morgan fingerprint density at radius 2 is 2.06 bits per heavy atom. The van der Waals surface area contributed by atoms with Crippen molar-refractivity contribution in [2.24, 2.45) is 0 Å². The Morgan fingerprint density at radius 1 is 1.35 bits per heavy atom. The Balaban J connectivity index is 2.16. The van der Waals surface area contributed by atoms with Gasteiger partial charge in [0.05, 0.1) is 0 Å². The fourth-order valence-corrected chi connectivity index (χ4v) is 2.80. The lowest BCUT2D eigenvalue weighted by molar-refractivity contribution is 0.0713. The number of aryl methyl sites for hydroxylation is 1. The molecule has 1 amide bonds. The van der Waals surface area contributed by atoms with Crippen LogP contribution in [-0.4, -0.2) is 28.5 Å². The van der Waals surface area contributed by atoms with E-state index in [0.29, 0.717) is 0 Å². The first-order chi connectivity index (χ1) is 8.22. The zero-order valence-electron chi connectivity index (χ0n) is 10.3. The molecular formula is C13H19BrN2O. The van der Waals surface area contributed by atoms with Gasteiger partial charge in [0.25, 0.3) is 5.91 Å². The molecule has 2 rings (SSSR count). The lowest BCUT2D eigenvalue weighted by Gasteiger charge is -2.27. The minimum Gasteiger partial charge on any atom is -0.342 e. The van der Waals surface area contributed by atoms with Crippen molar-refractivity contribution in [3.05, 3.63) is 22.4 Å². The van der Waals surface area contributed by atoms with Crippen molar-refractivity contribution in [1.29, 1.82) is 0 Å². The maximum atomic E-state index is 12.4. The number of rotatable bonds is 3. The Bertz CT molecular complexity index is 394. The molecule has 0 atom stereocenters. The quantitative estimate of drug-likeness (QED) is 0.841. The maximum absolute atomic E-state index is 12.4. The number of carbonyl (C=O) groups is 1. The van der Waals surface area contributed by atoms with E-state index >= 15 is 0 Å². The third-order valence-electron chi connectivity index (χ3n) is 3.19. The molecule has 1 aromatic rings. The topological polar surface area (TPSA) is 25.2 Å². The lowest BCUT2D eigenvalue weighted by Crippen LogP contribution is -2.36. The van der Waals surface area contributed by atoms with Crippen LogP contribution in [0.15, 0.2) is 16.7 Å². The molecule has 0 aliphatic carbocycles. The Hall–Kier alpha value is -0.770. The van der Waals surface area contributed by atoms with E-state index in [0.717, 1.165) is 49.1 Å². The summed E-state index contributed by atoms with van der Waals surface area (Å²) in [6.07, 6.45) is 6.58. The molecule has 0 saturated carbocycles. The summed E-state index contributed by atoms with van der Waals surface area (Å²) in [5, 5.41) is 0. The number of piperidine rings is 1. The Labute approximate surface area is 111 Å². The van der Waals surface area contributed by atoms with Crippen LogP contribution in [0.2, 0.25) is 0 Å². The summed E-state index contributed by atoms with van der Waals surface area (Å²) in [6, 6.07) is 1.94. The summed E-state index contributed by atoms with van der Waals surface area (Å²) in [7, 11) is 0. The van der Waals surface area contributed by atoms with Crippen LogP contribution in [0, 0.1) is 0 Å². The predicted octanol–water partition coefficient (Wildman–Crippen LogP) is 3.29. The SMILES string of the molecule is CCCn1cc(Br)cc1C(=O)N1CCCCC1. The van der Waals surface area contributed by atoms with Crippen molar-refractivity contribution in [2.75, 3.05) is 13.1 Å². The molecule has 1 aliphatic heterocycles. The van der Waals surface area contributed by atoms with E-state index in [1.807, 2.05) is 17.2 Å². The van der Waals surface area contributed by atoms with Gasteiger partial charge < -0.3 is 9.47 Å². The molecule has 0 aromatic carbocycles. The number of amides is 1. The molecule has 2 heterocycles. The number of aromatic nitrogens is 1. The maximum Gasteiger partial charge on any atom is 0.270 e. The smallest absolute Gasteiger partial charge is 0.270 e. The minimum absolute atomic E-state index is 0.184. The molecule has 17 heavy (non-hydrogen) atoms. The first kappa shape index (κ1) is 12.7. The molecule has 1 saturated heterocycles. The van der Waals surface area contributed by atoms with Crippen molar-refractivity contribution in [3.8, 4) is 0 Å². The van der Waals surface area contributed by atoms with E-state index in [-0.39, 0.29) is 5.91 Å². The van der Waals surface area contributed by atoms with Crippen molar-refractivity contribution < 1.29 is 4.79 Å². The van der Waals surface area contributed by atoms with Crippen LogP contribution in [-0.2, 0) is 6.54 Å². The molecular weight excluding hydrogens is 280 g/mol. The van der Waals surface area contributed by atoms with Crippen LogP contribution in [0.25, 0.3) is 0 Å². The monoisotopic (exact) mass is 298 g/mol. The van der Waals surface area contributed by atoms with Crippen LogP contribution in [0.1, 0.15) is 43.1 Å². The van der Waals surface area contributed by atoms with Crippen LogP contribution in [0.5, 0.6) is 0 Å². The van der Waals surface area contributed by atoms with Crippen LogP contribution < -0.4 is 0 Å². The van der Waals surface area contributed by atoms with Crippen LogP contribution in [0.3, 0.4) is 0 Å². The molecule has 94 valence electrons. The van der Waals surface area contributed by atoms with Gasteiger partial charge in [-0.2, -0.15) is 0 Å². The summed E-state index contributed by atoms with van der Waals surface area (Å²) < 4.78 is 3.05. The van der Waals surface area contributed by atoms with Gasteiger partial charge in [0.15, 0.2) is 0 Å². The average molecular weight is 299 g/mol. The Morgan fingerprint density at radius 3 is 2.71 bits per heavy atom. The highest BCUT2D eigenvalue weighted by atomic mass is 79.9. The molecule has 0 bridgehead atoms. The summed E-state index contributed by atoms with van der Waals surface area (Å²) >= 11 is 3.45. The molecule has 1 aliphatic rings. The molecule has 4 heteroatoms. The number of hydrogen-bond donors (Lipinski definition) is 0. The van der Waals surface area contributed by atoms with Gasteiger partial charge in [0.1, 0.15) is 5.69 Å². The number of likely N-dealkylation sites (tertiary alicyclic amines) is 1. The largest absolute Gasteiger partial charge is 0.342 e. The molecule has 0 N–H and O–H groups in total. The average Bonchev–Trinajstić information content (AvgIpc) is 2.71. The Kier molecular flexibility index (Phi) is 4.26. The molecule has 0 spiro atoms. The number of carbonyl (C=O) groups excluding carboxylic acids is 1. The molecule has 0 unspecified atom stereocenters. The summed E-state index contributed by atoms with van der Waals surface area (Å²) in [6.45, 7) is 4.85. The predicted molar refractivity (Wildman–Crippen MR) is 72.2 cm³/mol. The van der Waals surface area contributed by atoms with Gasteiger partial charge in [-0.1, -0.05) is 6.92 Å². The second-order valence-electron chi connectivity index (χ2n) is 4.59. The summed E-state index contributed by atoms with van der Waals surface area (Å²) in [4.78, 5) is 14.4. The molecule has 1 fully saturated rings. The van der Waals surface area contributed by atoms with Gasteiger partial charge in [-0.15, -0.1) is 0 Å². The summed E-state index contributed by atoms with van der Waals surface area (Å²) in [5.41, 5.74) is 0.820. The van der Waals surface area contributed by atoms with Gasteiger partial charge >= 0.3 is 0 Å². The third-order valence-corrected chi connectivity index (χ3v) is 3.62. The van der Waals surface area contributed by atoms with Gasteiger partial charge in [-0.3, -0.25) is 4.79 Å². The lowest BCUT2D eigenvalue weighted by atomic mass is 10.1. The van der Waals surface area contributed by atoms with E-state index in [2.05, 4.69) is 27.4 Å². The van der Waals surface area contributed by atoms with E-state index in [1.165, 1.54) is 6.42 Å². The molecule has 0 radical (unpaired) electrons. The van der Waals surface area contributed by atoms with Crippen molar-refractivity contribution in [1.82, 2.24) is 9.47 Å². The number of nitrogens with zero attached hydrogens (tertiary/aromatic N) is 2. The second-order valence-corrected chi connectivity index (χ2v) is 5.51. The van der Waals surface area contributed by atoms with Crippen LogP contribution in [0.4, 0.5) is 0 Å². The fourth-order valence-electron chi connectivity index (χ4n) is 2.34. The molecule has 1 aromatic heterocycles. The van der Waals surface area contributed by atoms with E-state index in [4.69, 9.17) is 0 Å². The van der Waals surface area contributed by atoms with Gasteiger partial charge in [0.2, 0.25) is 0 Å². The minimum atomic E-state index is 0.184. The van der Waals surface area contributed by atoms with Crippen molar-refractivity contribution in [3.63, 3.8) is 0 Å². The molecule has 3 nitrogen and oxygen atoms in total. The first-order valence-electron chi connectivity index (χ1n) is 6.37. The van der Waals surface area contributed by atoms with Gasteiger partial charge in [-0.05, 0) is 47.7 Å². The second kappa shape index (κ2) is 5.71. The highest BCUT2D eigenvalue weighted by Gasteiger charge is 2.21. The normalized spacial score (nSPS) is 16.2. The van der Waals surface area contributed by atoms with E-state index in [9.17, 15) is 4.79 Å². The zero-order valence-corrected chi connectivity index (χ0v) is 11.9. The standard InChI is InChI=1S/C13H19BrN2O/c1-2-6-16-10-11(14)9-12(16)13(17)15-7-4-3-5-8-15/h9-10H,2-8H2,1H3. The van der Waals surface area contributed by atoms with Crippen molar-refractivity contribution in [2.45, 2.75) is 39.2 Å². The van der Waals surface area contributed by atoms with Crippen LogP contribution >= 0.6 is 15.9 Å². The van der Waals surface area contributed by atoms with Gasteiger partial charge in [-0.25, -0.2) is 0 Å². The fraction of sp³-hybridized carbons (Fsp3) is 0.615. The zero-order chi connectivity index (χ0) is 12.3. The van der Waals surface area contributed by atoms with Gasteiger partial charge in [0, 0.05) is 30.3 Å². The number of halogens is 1. The highest BCUT2D eigenvalue weighted by molar-refractivity contribution is 9.10. The van der Waals surface area contributed by atoms with Crippen molar-refractivity contribution >= 4 is 21.8 Å². The van der Waals surface area contributed by atoms with E-state index in [1.54, 1.807) is 0 Å². The number of hydrogen-bond acceptors (Lipinski definition) is 1. The van der Waals surface area contributed by atoms with E-state index < -0.39 is 0 Å². The summed E-state index contributed by atoms with van der Waals surface area (Å²) in [5.74, 6) is 0.184. The highest BCUT2D eigenvalue weighted by Crippen LogP contribution is 2.19. The first-order valence-corrected chi connectivity index (χ1v) is 7.16. The third kappa shape index (κ3) is 2.92.